The molecule has 1 aromatic carbocycles. The van der Waals surface area contributed by atoms with Crippen LogP contribution in [0.5, 0.6) is 0 Å². The number of hydrogen-bond acceptors (Lipinski definition) is 5. The van der Waals surface area contributed by atoms with Crippen LogP contribution in [0.25, 0.3) is 0 Å². The molecule has 0 bridgehead atoms. The molecule has 0 spiro atoms. The van der Waals surface area contributed by atoms with Gasteiger partial charge in [0, 0.05) is 51.7 Å². The van der Waals surface area contributed by atoms with Crippen molar-refractivity contribution < 1.29 is 12.6 Å². The highest BCUT2D eigenvalue weighted by atomic mass is 32.2. The average Bonchev–Trinajstić information content (AvgIpc) is 2.39. The summed E-state index contributed by atoms with van der Waals surface area (Å²) in [6.07, 6.45) is 0. The van der Waals surface area contributed by atoms with Crippen molar-refractivity contribution >= 4 is 38.3 Å². The normalized spacial score (nSPS) is 18.2. The molecular formula is C12H18N2O3S3. The van der Waals surface area contributed by atoms with E-state index in [4.69, 9.17) is 5.73 Å². The minimum atomic E-state index is -3.24. The fourth-order valence-corrected chi connectivity index (χ4v) is 5.98. The van der Waals surface area contributed by atoms with E-state index in [-0.39, 0.29) is 5.75 Å². The molecule has 5 nitrogen and oxygen atoms in total. The molecule has 0 atom stereocenters. The standard InChI is InChI=1S/C12H18N2O3S3/c13-11-2-1-3-12(10-11)18-6-9-20(16,17)14-4-7-19(15)8-5-14/h1-3,10H,4-9,13H2. The number of thioether (sulfide) groups is 1. The van der Waals surface area contributed by atoms with Crippen molar-refractivity contribution in [2.24, 2.45) is 0 Å². The first kappa shape index (κ1) is 15.8. The Kier molecular flexibility index (Phi) is 5.48. The molecule has 20 heavy (non-hydrogen) atoms. The quantitative estimate of drug-likeness (QED) is 0.635. The Morgan fingerprint density at radius 2 is 2.00 bits per heavy atom. The van der Waals surface area contributed by atoms with Crippen LogP contribution in [0.3, 0.4) is 0 Å². The van der Waals surface area contributed by atoms with Gasteiger partial charge in [-0.15, -0.1) is 11.8 Å². The van der Waals surface area contributed by atoms with E-state index < -0.39 is 20.8 Å². The second-order valence-electron chi connectivity index (χ2n) is 4.48. The second-order valence-corrected chi connectivity index (χ2v) is 9.44. The summed E-state index contributed by atoms with van der Waals surface area (Å²) in [5, 5.41) is 0. The van der Waals surface area contributed by atoms with Crippen LogP contribution in [-0.4, -0.2) is 53.0 Å². The monoisotopic (exact) mass is 334 g/mol. The van der Waals surface area contributed by atoms with Gasteiger partial charge in [0.05, 0.1) is 5.75 Å². The van der Waals surface area contributed by atoms with Crippen molar-refractivity contribution in [3.8, 4) is 0 Å². The van der Waals surface area contributed by atoms with Gasteiger partial charge in [-0.1, -0.05) is 6.07 Å². The molecule has 1 aromatic rings. The zero-order chi connectivity index (χ0) is 14.6. The SMILES string of the molecule is Nc1cccc(SCCS(=O)(=O)N2CCS(=O)CC2)c1. The van der Waals surface area contributed by atoms with Crippen LogP contribution in [0.1, 0.15) is 0 Å². The molecule has 0 amide bonds. The number of anilines is 1. The third-order valence-corrected chi connectivity index (χ3v) is 7.40. The van der Waals surface area contributed by atoms with Gasteiger partial charge in [-0.25, -0.2) is 12.7 Å². The van der Waals surface area contributed by atoms with Gasteiger partial charge in [-0.05, 0) is 18.2 Å². The highest BCUT2D eigenvalue weighted by Gasteiger charge is 2.25. The van der Waals surface area contributed by atoms with E-state index in [1.54, 1.807) is 6.07 Å². The van der Waals surface area contributed by atoms with Gasteiger partial charge in [0.15, 0.2) is 0 Å². The number of nitrogen functional groups attached to an aromatic ring is 1. The van der Waals surface area contributed by atoms with Crippen molar-refractivity contribution in [1.82, 2.24) is 4.31 Å². The molecule has 0 aromatic heterocycles. The molecule has 8 heteroatoms. The third kappa shape index (κ3) is 4.47. The maximum Gasteiger partial charge on any atom is 0.214 e. The van der Waals surface area contributed by atoms with E-state index >= 15 is 0 Å². The Morgan fingerprint density at radius 1 is 1.30 bits per heavy atom. The lowest BCUT2D eigenvalue weighted by molar-refractivity contribution is 0.440. The summed E-state index contributed by atoms with van der Waals surface area (Å²) >= 11 is 1.48. The fourth-order valence-electron chi connectivity index (χ4n) is 1.90. The summed E-state index contributed by atoms with van der Waals surface area (Å²) in [7, 11) is -4.10. The molecule has 0 unspecified atom stereocenters. The largest absolute Gasteiger partial charge is 0.399 e. The van der Waals surface area contributed by atoms with Crippen molar-refractivity contribution in [2.45, 2.75) is 4.90 Å². The molecular weight excluding hydrogens is 316 g/mol. The van der Waals surface area contributed by atoms with Crippen molar-refractivity contribution in [3.63, 3.8) is 0 Å². The Hall–Kier alpha value is -0.570. The summed E-state index contributed by atoms with van der Waals surface area (Å²) in [6, 6.07) is 7.40. The van der Waals surface area contributed by atoms with Gasteiger partial charge in [-0.3, -0.25) is 4.21 Å². The van der Waals surface area contributed by atoms with Gasteiger partial charge < -0.3 is 5.73 Å². The number of benzene rings is 1. The molecule has 0 aliphatic carbocycles. The third-order valence-electron chi connectivity index (χ3n) is 3.00. The van der Waals surface area contributed by atoms with Crippen molar-refractivity contribution in [3.05, 3.63) is 24.3 Å². The van der Waals surface area contributed by atoms with Gasteiger partial charge in [0.25, 0.3) is 0 Å². The van der Waals surface area contributed by atoms with Crippen LogP contribution < -0.4 is 5.73 Å². The molecule has 2 N–H and O–H groups in total. The number of sulfonamides is 1. The van der Waals surface area contributed by atoms with Crippen molar-refractivity contribution in [1.29, 1.82) is 0 Å². The summed E-state index contributed by atoms with van der Waals surface area (Å²) < 4.78 is 37.0. The van der Waals surface area contributed by atoms with E-state index in [2.05, 4.69) is 0 Å². The number of nitrogens with two attached hydrogens (primary N) is 1. The first-order chi connectivity index (χ1) is 9.47. The van der Waals surface area contributed by atoms with Gasteiger partial charge in [-0.2, -0.15) is 0 Å². The Labute approximate surface area is 126 Å². The molecule has 1 heterocycles. The van der Waals surface area contributed by atoms with Crippen LogP contribution in [-0.2, 0) is 20.8 Å². The summed E-state index contributed by atoms with van der Waals surface area (Å²) in [5.41, 5.74) is 6.35. The predicted molar refractivity (Wildman–Crippen MR) is 84.8 cm³/mol. The van der Waals surface area contributed by atoms with E-state index in [1.807, 2.05) is 18.2 Å². The maximum absolute atomic E-state index is 12.1. The molecule has 0 radical (unpaired) electrons. The summed E-state index contributed by atoms with van der Waals surface area (Å²) in [4.78, 5) is 0.972. The molecule has 1 aliphatic rings. The van der Waals surface area contributed by atoms with E-state index in [0.29, 0.717) is 36.0 Å². The van der Waals surface area contributed by atoms with Crippen LogP contribution in [0, 0.1) is 0 Å². The van der Waals surface area contributed by atoms with E-state index in [9.17, 15) is 12.6 Å². The van der Waals surface area contributed by atoms with Crippen LogP contribution in [0.4, 0.5) is 5.69 Å². The lowest BCUT2D eigenvalue weighted by Crippen LogP contribution is -2.43. The molecule has 1 aliphatic heterocycles. The average molecular weight is 334 g/mol. The first-order valence-corrected chi connectivity index (χ1v) is 10.4. The summed E-state index contributed by atoms with van der Waals surface area (Å²) in [6.45, 7) is 0.746. The molecule has 1 fully saturated rings. The zero-order valence-corrected chi connectivity index (χ0v) is 13.5. The highest BCUT2D eigenvalue weighted by Crippen LogP contribution is 2.21. The predicted octanol–water partition coefficient (Wildman–Crippen LogP) is 0.755. The number of hydrogen-bond donors (Lipinski definition) is 1. The molecule has 0 saturated carbocycles. The Balaban J connectivity index is 1.85. The van der Waals surface area contributed by atoms with E-state index in [1.165, 1.54) is 16.1 Å². The minimum Gasteiger partial charge on any atom is -0.399 e. The lowest BCUT2D eigenvalue weighted by Gasteiger charge is -2.25. The number of nitrogens with zero attached hydrogens (tertiary/aromatic N) is 1. The number of rotatable bonds is 5. The second kappa shape index (κ2) is 6.93. The van der Waals surface area contributed by atoms with Crippen LogP contribution in [0.2, 0.25) is 0 Å². The Morgan fingerprint density at radius 3 is 2.65 bits per heavy atom. The topological polar surface area (TPSA) is 80.5 Å². The van der Waals surface area contributed by atoms with Gasteiger partial charge in [0.2, 0.25) is 10.0 Å². The molecule has 1 saturated heterocycles. The maximum atomic E-state index is 12.1. The van der Waals surface area contributed by atoms with Crippen LogP contribution in [0.15, 0.2) is 29.2 Å². The summed E-state index contributed by atoms with van der Waals surface area (Å²) in [5.74, 6) is 1.48. The smallest absolute Gasteiger partial charge is 0.214 e. The Bertz CT molecular complexity index is 579. The molecule has 112 valence electrons. The van der Waals surface area contributed by atoms with Crippen molar-refractivity contribution in [2.75, 3.05) is 41.8 Å². The van der Waals surface area contributed by atoms with Crippen LogP contribution >= 0.6 is 11.8 Å². The molecule has 2 rings (SSSR count). The van der Waals surface area contributed by atoms with Gasteiger partial charge >= 0.3 is 0 Å². The first-order valence-electron chi connectivity index (χ1n) is 6.28. The lowest BCUT2D eigenvalue weighted by atomic mass is 10.3. The fraction of sp³-hybridized carbons (Fsp3) is 0.500. The zero-order valence-electron chi connectivity index (χ0n) is 11.0. The minimum absolute atomic E-state index is 0.0963. The van der Waals surface area contributed by atoms with Gasteiger partial charge in [0.1, 0.15) is 0 Å². The van der Waals surface area contributed by atoms with E-state index in [0.717, 1.165) is 4.90 Å². The highest BCUT2D eigenvalue weighted by molar-refractivity contribution is 8.00.